The number of methoxy groups -OCH3 is 1. The predicted molar refractivity (Wildman–Crippen MR) is 118 cm³/mol. The number of hydrogen-bond donors (Lipinski definition) is 0. The standard InChI is InChI=1S/C23H26ClN5O2/c1-31-15-20-19(14-16-3-2-4-18(24)13-16)22(27-21(26-20)7-8-25)28-9-11-29(12-10-28)23(30)17-5-6-17/h2-4,13,17H,5-7,9-12,14-15H2,1H3. The minimum atomic E-state index is 0.140. The summed E-state index contributed by atoms with van der Waals surface area (Å²) in [6.07, 6.45) is 2.79. The van der Waals surface area contributed by atoms with E-state index in [2.05, 4.69) is 16.0 Å². The summed E-state index contributed by atoms with van der Waals surface area (Å²) in [5.41, 5.74) is 2.83. The maximum Gasteiger partial charge on any atom is 0.225 e. The van der Waals surface area contributed by atoms with Crippen molar-refractivity contribution in [3.63, 3.8) is 0 Å². The summed E-state index contributed by atoms with van der Waals surface area (Å²) in [5.74, 6) is 1.84. The molecule has 162 valence electrons. The Labute approximate surface area is 187 Å². The van der Waals surface area contributed by atoms with E-state index in [1.165, 1.54) is 0 Å². The van der Waals surface area contributed by atoms with Crippen molar-refractivity contribution in [3.05, 3.63) is 51.9 Å². The number of amides is 1. The van der Waals surface area contributed by atoms with Crippen molar-refractivity contribution in [2.75, 3.05) is 38.2 Å². The molecule has 1 saturated carbocycles. The fraction of sp³-hybridized carbons (Fsp3) is 0.478. The van der Waals surface area contributed by atoms with Gasteiger partial charge in [-0.15, -0.1) is 0 Å². The highest BCUT2D eigenvalue weighted by atomic mass is 35.5. The number of nitriles is 1. The van der Waals surface area contributed by atoms with Gasteiger partial charge in [-0.3, -0.25) is 4.79 Å². The molecule has 2 aliphatic rings. The molecule has 0 atom stereocenters. The third kappa shape index (κ3) is 5.15. The average Bonchev–Trinajstić information content (AvgIpc) is 3.61. The Bertz CT molecular complexity index is 994. The summed E-state index contributed by atoms with van der Waals surface area (Å²) < 4.78 is 5.42. The van der Waals surface area contributed by atoms with Crippen LogP contribution in [0.3, 0.4) is 0 Å². The van der Waals surface area contributed by atoms with E-state index >= 15 is 0 Å². The van der Waals surface area contributed by atoms with Gasteiger partial charge in [-0.25, -0.2) is 9.97 Å². The van der Waals surface area contributed by atoms with E-state index in [9.17, 15) is 10.1 Å². The number of hydrogen-bond acceptors (Lipinski definition) is 6. The molecule has 0 radical (unpaired) electrons. The highest BCUT2D eigenvalue weighted by molar-refractivity contribution is 6.30. The largest absolute Gasteiger partial charge is 0.378 e. The van der Waals surface area contributed by atoms with Gasteiger partial charge in [0.15, 0.2) is 0 Å². The van der Waals surface area contributed by atoms with Gasteiger partial charge >= 0.3 is 0 Å². The van der Waals surface area contributed by atoms with Crippen molar-refractivity contribution in [1.82, 2.24) is 14.9 Å². The fourth-order valence-electron chi connectivity index (χ4n) is 3.99. The maximum atomic E-state index is 12.4. The Balaban J connectivity index is 1.65. The van der Waals surface area contributed by atoms with Crippen LogP contribution in [-0.2, 0) is 29.0 Å². The number of aromatic nitrogens is 2. The molecule has 0 bridgehead atoms. The Hall–Kier alpha value is -2.69. The third-order valence-electron chi connectivity index (χ3n) is 5.72. The van der Waals surface area contributed by atoms with E-state index in [4.69, 9.17) is 21.3 Å². The van der Waals surface area contributed by atoms with Crippen molar-refractivity contribution in [3.8, 4) is 6.07 Å². The zero-order valence-electron chi connectivity index (χ0n) is 17.7. The number of carbonyl (C=O) groups is 1. The summed E-state index contributed by atoms with van der Waals surface area (Å²) >= 11 is 6.20. The first-order chi connectivity index (χ1) is 15.1. The highest BCUT2D eigenvalue weighted by Gasteiger charge is 2.35. The fourth-order valence-corrected chi connectivity index (χ4v) is 4.21. The topological polar surface area (TPSA) is 82.3 Å². The zero-order valence-corrected chi connectivity index (χ0v) is 18.4. The number of piperazine rings is 1. The van der Waals surface area contributed by atoms with Crippen LogP contribution in [-0.4, -0.2) is 54.1 Å². The normalized spacial score (nSPS) is 16.3. The van der Waals surface area contributed by atoms with Crippen molar-refractivity contribution in [2.45, 2.75) is 32.3 Å². The minimum Gasteiger partial charge on any atom is -0.378 e. The first-order valence-corrected chi connectivity index (χ1v) is 11.0. The minimum absolute atomic E-state index is 0.140. The van der Waals surface area contributed by atoms with Crippen molar-refractivity contribution in [2.24, 2.45) is 5.92 Å². The highest BCUT2D eigenvalue weighted by Crippen LogP contribution is 2.32. The van der Waals surface area contributed by atoms with Gasteiger partial charge in [0.05, 0.1) is 24.8 Å². The number of benzene rings is 1. The summed E-state index contributed by atoms with van der Waals surface area (Å²) in [4.78, 5) is 26.0. The van der Waals surface area contributed by atoms with Crippen LogP contribution in [0.15, 0.2) is 24.3 Å². The zero-order chi connectivity index (χ0) is 21.8. The summed E-state index contributed by atoms with van der Waals surface area (Å²) in [7, 11) is 1.64. The maximum absolute atomic E-state index is 12.4. The monoisotopic (exact) mass is 439 g/mol. The molecule has 8 heteroatoms. The van der Waals surface area contributed by atoms with E-state index in [-0.39, 0.29) is 18.2 Å². The second kappa shape index (κ2) is 9.63. The quantitative estimate of drug-likeness (QED) is 0.659. The lowest BCUT2D eigenvalue weighted by Crippen LogP contribution is -2.49. The molecular weight excluding hydrogens is 414 g/mol. The number of rotatable bonds is 7. The van der Waals surface area contributed by atoms with Crippen LogP contribution in [0.5, 0.6) is 0 Å². The number of carbonyl (C=O) groups excluding carboxylic acids is 1. The third-order valence-corrected chi connectivity index (χ3v) is 5.96. The molecule has 0 N–H and O–H groups in total. The van der Waals surface area contributed by atoms with Gasteiger partial charge in [0.1, 0.15) is 11.6 Å². The Morgan fingerprint density at radius 1 is 1.26 bits per heavy atom. The van der Waals surface area contributed by atoms with E-state index in [1.807, 2.05) is 29.2 Å². The van der Waals surface area contributed by atoms with Gasteiger partial charge in [0.25, 0.3) is 0 Å². The molecule has 0 unspecified atom stereocenters. The molecule has 7 nitrogen and oxygen atoms in total. The summed E-state index contributed by atoms with van der Waals surface area (Å²) in [5, 5.41) is 9.88. The van der Waals surface area contributed by atoms with E-state index < -0.39 is 0 Å². The Morgan fingerprint density at radius 2 is 2.03 bits per heavy atom. The van der Waals surface area contributed by atoms with Crippen LogP contribution >= 0.6 is 11.6 Å². The Morgan fingerprint density at radius 3 is 2.68 bits per heavy atom. The van der Waals surface area contributed by atoms with E-state index in [0.717, 1.165) is 35.5 Å². The molecule has 1 aliphatic heterocycles. The summed E-state index contributed by atoms with van der Waals surface area (Å²) in [6.45, 7) is 3.11. The van der Waals surface area contributed by atoms with Crippen LogP contribution in [0, 0.1) is 17.2 Å². The van der Waals surface area contributed by atoms with Crippen molar-refractivity contribution in [1.29, 1.82) is 5.26 Å². The number of anilines is 1. The number of halogens is 1. The molecule has 1 amide bonds. The van der Waals surface area contributed by atoms with Crippen molar-refractivity contribution < 1.29 is 9.53 Å². The van der Waals surface area contributed by atoms with Gasteiger partial charge in [-0.1, -0.05) is 23.7 Å². The van der Waals surface area contributed by atoms with Gasteiger partial charge in [0.2, 0.25) is 5.91 Å². The predicted octanol–water partition coefficient (Wildman–Crippen LogP) is 2.99. The molecule has 2 heterocycles. The second-order valence-corrected chi connectivity index (χ2v) is 8.49. The van der Waals surface area contributed by atoms with Crippen LogP contribution in [0.1, 0.15) is 35.5 Å². The van der Waals surface area contributed by atoms with Crippen LogP contribution in [0.4, 0.5) is 5.82 Å². The molecule has 31 heavy (non-hydrogen) atoms. The lowest BCUT2D eigenvalue weighted by atomic mass is 10.0. The second-order valence-electron chi connectivity index (χ2n) is 8.05. The number of nitrogens with zero attached hydrogens (tertiary/aromatic N) is 5. The SMILES string of the molecule is COCc1nc(CC#N)nc(N2CCN(C(=O)C3CC3)CC2)c1Cc1cccc(Cl)c1. The van der Waals surface area contributed by atoms with Gasteiger partial charge in [-0.05, 0) is 30.5 Å². The van der Waals surface area contributed by atoms with Crippen LogP contribution < -0.4 is 4.90 Å². The molecule has 2 fully saturated rings. The molecule has 0 spiro atoms. The Kier molecular flexibility index (Phi) is 6.69. The molecule has 1 aromatic heterocycles. The van der Waals surface area contributed by atoms with Crippen LogP contribution in [0.2, 0.25) is 5.02 Å². The van der Waals surface area contributed by atoms with Gasteiger partial charge in [0, 0.05) is 56.2 Å². The first kappa shape index (κ1) is 21.5. The van der Waals surface area contributed by atoms with Crippen LogP contribution in [0.25, 0.3) is 0 Å². The van der Waals surface area contributed by atoms with E-state index in [0.29, 0.717) is 50.1 Å². The molecule has 1 saturated heterocycles. The smallest absolute Gasteiger partial charge is 0.225 e. The van der Waals surface area contributed by atoms with E-state index in [1.54, 1.807) is 7.11 Å². The lowest BCUT2D eigenvalue weighted by molar-refractivity contribution is -0.132. The van der Waals surface area contributed by atoms with Crippen molar-refractivity contribution >= 4 is 23.3 Å². The summed E-state index contributed by atoms with van der Waals surface area (Å²) in [6, 6.07) is 9.90. The molecular formula is C23H26ClN5O2. The molecule has 4 rings (SSSR count). The average molecular weight is 440 g/mol. The molecule has 1 aromatic carbocycles. The molecule has 1 aliphatic carbocycles. The first-order valence-electron chi connectivity index (χ1n) is 10.6. The van der Waals surface area contributed by atoms with Gasteiger partial charge < -0.3 is 14.5 Å². The molecule has 2 aromatic rings. The van der Waals surface area contributed by atoms with Gasteiger partial charge in [-0.2, -0.15) is 5.26 Å². The lowest BCUT2D eigenvalue weighted by Gasteiger charge is -2.36. The number of ether oxygens (including phenoxy) is 1.